The molecule has 2 heterocycles. The molecule has 5 heteroatoms. The van der Waals surface area contributed by atoms with E-state index in [1.807, 2.05) is 28.7 Å². The number of piperidine rings is 1. The van der Waals surface area contributed by atoms with Gasteiger partial charge in [-0.05, 0) is 48.2 Å². The molecule has 1 aliphatic rings. The average molecular weight is 315 g/mol. The lowest BCUT2D eigenvalue weighted by Crippen LogP contribution is -2.46. The number of aryl methyl sites for hydroxylation is 1. The van der Waals surface area contributed by atoms with Gasteiger partial charge in [0.25, 0.3) is 5.91 Å². The minimum absolute atomic E-state index is 0.0229. The molecule has 1 saturated heterocycles. The molecule has 0 saturated carbocycles. The molecule has 1 amide bonds. The molecule has 0 aromatic carbocycles. The zero-order chi connectivity index (χ0) is 13.1. The van der Waals surface area contributed by atoms with E-state index in [0.717, 1.165) is 36.8 Å². The summed E-state index contributed by atoms with van der Waals surface area (Å²) in [5, 5.41) is 9.38. The van der Waals surface area contributed by atoms with E-state index in [2.05, 4.69) is 15.9 Å². The number of aliphatic hydroxyl groups excluding tert-OH is 1. The minimum Gasteiger partial charge on any atom is -0.394 e. The molecular formula is C13H19BrN2O2. The molecular weight excluding hydrogens is 296 g/mol. The maximum absolute atomic E-state index is 12.5. The van der Waals surface area contributed by atoms with E-state index >= 15 is 0 Å². The van der Waals surface area contributed by atoms with Gasteiger partial charge in [-0.1, -0.05) is 0 Å². The number of aromatic nitrogens is 1. The molecule has 1 aromatic rings. The first-order chi connectivity index (χ1) is 8.67. The zero-order valence-electron chi connectivity index (χ0n) is 10.6. The average Bonchev–Trinajstić information content (AvgIpc) is 2.79. The highest BCUT2D eigenvalue weighted by molar-refractivity contribution is 9.10. The Balaban J connectivity index is 2.23. The molecule has 18 heavy (non-hydrogen) atoms. The van der Waals surface area contributed by atoms with Crippen LogP contribution < -0.4 is 0 Å². The highest BCUT2D eigenvalue weighted by Crippen LogP contribution is 2.22. The zero-order valence-corrected chi connectivity index (χ0v) is 12.2. The van der Waals surface area contributed by atoms with Crippen molar-refractivity contribution in [1.82, 2.24) is 9.47 Å². The maximum atomic E-state index is 12.5. The number of carbonyl (C=O) groups is 1. The van der Waals surface area contributed by atoms with Crippen molar-refractivity contribution >= 4 is 21.8 Å². The second-order valence-electron chi connectivity index (χ2n) is 4.66. The van der Waals surface area contributed by atoms with E-state index in [1.54, 1.807) is 0 Å². The summed E-state index contributed by atoms with van der Waals surface area (Å²) in [7, 11) is 0. The van der Waals surface area contributed by atoms with Crippen molar-refractivity contribution in [1.29, 1.82) is 0 Å². The number of likely N-dealkylation sites (tertiary alicyclic amines) is 1. The summed E-state index contributed by atoms with van der Waals surface area (Å²) in [4.78, 5) is 14.4. The van der Waals surface area contributed by atoms with E-state index in [-0.39, 0.29) is 18.6 Å². The molecule has 0 aliphatic carbocycles. The Kier molecular flexibility index (Phi) is 4.45. The summed E-state index contributed by atoms with van der Waals surface area (Å²) in [5.74, 6) is 0.0290. The van der Waals surface area contributed by atoms with Gasteiger partial charge in [0, 0.05) is 23.8 Å². The molecule has 4 nitrogen and oxygen atoms in total. The Hall–Kier alpha value is -0.810. The number of aliphatic hydroxyl groups is 1. The van der Waals surface area contributed by atoms with Gasteiger partial charge in [0.05, 0.1) is 12.6 Å². The second kappa shape index (κ2) is 5.89. The normalized spacial score (nSPS) is 20.2. The number of carbonyl (C=O) groups excluding carboxylic acids is 1. The smallest absolute Gasteiger partial charge is 0.270 e. The number of rotatable bonds is 3. The van der Waals surface area contributed by atoms with E-state index < -0.39 is 0 Å². The van der Waals surface area contributed by atoms with Gasteiger partial charge >= 0.3 is 0 Å². The SMILES string of the molecule is CCn1cc(Br)cc1C(=O)N1CCCCC1CO. The standard InChI is InChI=1S/C13H19BrN2O2/c1-2-15-8-10(14)7-12(15)13(18)16-6-4-3-5-11(16)9-17/h7-8,11,17H,2-6,9H2,1H3. The molecule has 1 aliphatic heterocycles. The van der Waals surface area contributed by atoms with Crippen LogP contribution in [0.1, 0.15) is 36.7 Å². The number of halogens is 1. The van der Waals surface area contributed by atoms with Gasteiger partial charge in [0.2, 0.25) is 0 Å². The summed E-state index contributed by atoms with van der Waals surface area (Å²) >= 11 is 3.41. The highest BCUT2D eigenvalue weighted by Gasteiger charge is 2.28. The first-order valence-corrected chi connectivity index (χ1v) is 7.24. The van der Waals surface area contributed by atoms with Gasteiger partial charge in [-0.3, -0.25) is 4.79 Å². The molecule has 1 aromatic heterocycles. The lowest BCUT2D eigenvalue weighted by molar-refractivity contribution is 0.0493. The summed E-state index contributed by atoms with van der Waals surface area (Å²) in [6.07, 6.45) is 4.94. The molecule has 0 radical (unpaired) electrons. The quantitative estimate of drug-likeness (QED) is 0.930. The van der Waals surface area contributed by atoms with Crippen LogP contribution in [0.5, 0.6) is 0 Å². The van der Waals surface area contributed by atoms with E-state index in [9.17, 15) is 9.90 Å². The Labute approximate surface area is 116 Å². The predicted molar refractivity (Wildman–Crippen MR) is 73.6 cm³/mol. The van der Waals surface area contributed by atoms with Crippen LogP contribution in [0, 0.1) is 0 Å². The molecule has 0 spiro atoms. The Morgan fingerprint density at radius 2 is 2.33 bits per heavy atom. The van der Waals surface area contributed by atoms with Gasteiger partial charge < -0.3 is 14.6 Å². The molecule has 1 N–H and O–H groups in total. The second-order valence-corrected chi connectivity index (χ2v) is 5.58. The van der Waals surface area contributed by atoms with Crippen LogP contribution in [0.15, 0.2) is 16.7 Å². The highest BCUT2D eigenvalue weighted by atomic mass is 79.9. The summed E-state index contributed by atoms with van der Waals surface area (Å²) < 4.78 is 2.86. The van der Waals surface area contributed by atoms with Crippen LogP contribution in [-0.2, 0) is 6.54 Å². The monoisotopic (exact) mass is 314 g/mol. The largest absolute Gasteiger partial charge is 0.394 e. The number of hydrogen-bond acceptors (Lipinski definition) is 2. The van der Waals surface area contributed by atoms with Gasteiger partial charge in [0.1, 0.15) is 5.69 Å². The summed E-state index contributed by atoms with van der Waals surface area (Å²) in [6, 6.07) is 1.83. The Morgan fingerprint density at radius 1 is 1.56 bits per heavy atom. The molecule has 1 unspecified atom stereocenters. The Morgan fingerprint density at radius 3 is 3.00 bits per heavy atom. The van der Waals surface area contributed by atoms with Crippen LogP contribution in [0.3, 0.4) is 0 Å². The molecule has 1 atom stereocenters. The van der Waals surface area contributed by atoms with Crippen LogP contribution in [0.25, 0.3) is 0 Å². The maximum Gasteiger partial charge on any atom is 0.270 e. The van der Waals surface area contributed by atoms with Crippen molar-refractivity contribution in [2.24, 2.45) is 0 Å². The minimum atomic E-state index is -0.0229. The van der Waals surface area contributed by atoms with Gasteiger partial charge in [-0.2, -0.15) is 0 Å². The van der Waals surface area contributed by atoms with Crippen molar-refractivity contribution in [2.45, 2.75) is 38.8 Å². The van der Waals surface area contributed by atoms with Gasteiger partial charge in [0.15, 0.2) is 0 Å². The van der Waals surface area contributed by atoms with Gasteiger partial charge in [-0.15, -0.1) is 0 Å². The van der Waals surface area contributed by atoms with Crippen molar-refractivity contribution in [3.05, 3.63) is 22.4 Å². The fourth-order valence-corrected chi connectivity index (χ4v) is 2.98. The molecule has 100 valence electrons. The lowest BCUT2D eigenvalue weighted by Gasteiger charge is -2.34. The van der Waals surface area contributed by atoms with Crippen molar-refractivity contribution in [3.8, 4) is 0 Å². The molecule has 2 rings (SSSR count). The Bertz CT molecular complexity index is 431. The van der Waals surface area contributed by atoms with Crippen molar-refractivity contribution in [2.75, 3.05) is 13.2 Å². The van der Waals surface area contributed by atoms with Crippen LogP contribution in [-0.4, -0.2) is 39.7 Å². The third kappa shape index (κ3) is 2.62. The number of nitrogens with zero attached hydrogens (tertiary/aromatic N) is 2. The summed E-state index contributed by atoms with van der Waals surface area (Å²) in [5.41, 5.74) is 0.699. The van der Waals surface area contributed by atoms with Crippen LogP contribution >= 0.6 is 15.9 Å². The molecule has 1 fully saturated rings. The van der Waals surface area contributed by atoms with E-state index in [0.29, 0.717) is 5.69 Å². The van der Waals surface area contributed by atoms with Gasteiger partial charge in [-0.25, -0.2) is 0 Å². The van der Waals surface area contributed by atoms with Crippen LogP contribution in [0.4, 0.5) is 0 Å². The fourth-order valence-electron chi connectivity index (χ4n) is 2.52. The fraction of sp³-hybridized carbons (Fsp3) is 0.615. The first kappa shape index (κ1) is 13.6. The third-order valence-electron chi connectivity index (χ3n) is 3.52. The first-order valence-electron chi connectivity index (χ1n) is 6.45. The number of amides is 1. The molecule has 0 bridgehead atoms. The lowest BCUT2D eigenvalue weighted by atomic mass is 10.0. The van der Waals surface area contributed by atoms with Crippen LogP contribution in [0.2, 0.25) is 0 Å². The van der Waals surface area contributed by atoms with Crippen molar-refractivity contribution in [3.63, 3.8) is 0 Å². The number of hydrogen-bond donors (Lipinski definition) is 1. The topological polar surface area (TPSA) is 45.5 Å². The summed E-state index contributed by atoms with van der Waals surface area (Å²) in [6.45, 7) is 3.59. The van der Waals surface area contributed by atoms with Crippen molar-refractivity contribution < 1.29 is 9.90 Å². The predicted octanol–water partition coefficient (Wildman–Crippen LogP) is 2.26. The third-order valence-corrected chi connectivity index (χ3v) is 3.96. The van der Waals surface area contributed by atoms with E-state index in [1.165, 1.54) is 0 Å². The van der Waals surface area contributed by atoms with E-state index in [4.69, 9.17) is 0 Å².